The highest BCUT2D eigenvalue weighted by molar-refractivity contribution is 14.0. The summed E-state index contributed by atoms with van der Waals surface area (Å²) in [6.07, 6.45) is 4.87. The van der Waals surface area contributed by atoms with Gasteiger partial charge in [-0.25, -0.2) is 0 Å². The molecule has 0 aliphatic rings. The number of guanidine groups is 1. The summed E-state index contributed by atoms with van der Waals surface area (Å²) in [6.45, 7) is 5.24. The molecule has 0 spiro atoms. The molecule has 7 heteroatoms. The van der Waals surface area contributed by atoms with Crippen LogP contribution >= 0.6 is 24.0 Å². The van der Waals surface area contributed by atoms with Gasteiger partial charge in [-0.15, -0.1) is 24.0 Å². The van der Waals surface area contributed by atoms with Gasteiger partial charge in [0, 0.05) is 38.6 Å². The second-order valence-electron chi connectivity index (χ2n) is 5.36. The number of nitrogens with zero attached hydrogens (tertiary/aromatic N) is 2. The van der Waals surface area contributed by atoms with Crippen molar-refractivity contribution in [3.8, 4) is 11.5 Å². The molecule has 6 nitrogen and oxygen atoms in total. The third kappa shape index (κ3) is 7.25. The number of aromatic nitrogens is 1. The van der Waals surface area contributed by atoms with Crippen LogP contribution in [0.2, 0.25) is 0 Å². The Balaban J connectivity index is 0.00000312. The van der Waals surface area contributed by atoms with E-state index >= 15 is 0 Å². The highest BCUT2D eigenvalue weighted by atomic mass is 127. The van der Waals surface area contributed by atoms with Crippen molar-refractivity contribution in [3.63, 3.8) is 0 Å². The summed E-state index contributed by atoms with van der Waals surface area (Å²) >= 11 is 0. The topological polar surface area (TPSA) is 70.8 Å². The molecule has 2 aromatic rings. The monoisotopic (exact) mass is 458 g/mol. The predicted molar refractivity (Wildman–Crippen MR) is 112 cm³/mol. The van der Waals surface area contributed by atoms with Gasteiger partial charge in [0.15, 0.2) is 17.5 Å². The van der Waals surface area contributed by atoms with Crippen LogP contribution in [0.15, 0.2) is 47.7 Å². The maximum atomic E-state index is 9.62. The fourth-order valence-electron chi connectivity index (χ4n) is 2.34. The predicted octanol–water partition coefficient (Wildman–Crippen LogP) is 2.62. The van der Waals surface area contributed by atoms with Crippen molar-refractivity contribution in [3.05, 3.63) is 48.3 Å². The number of hydrogen-bond acceptors (Lipinski definition) is 3. The molecule has 138 valence electrons. The standard InChI is InChI=1S/C18H26N4O2.HI/c1-3-19-18(21-10-13-22-11-4-5-12-22)20-9-8-15-6-7-16(23)17(14-15)24-2;/h4-7,11-12,14,23H,3,8-10,13H2,1-2H3,(H2,19,20,21);1H. The van der Waals surface area contributed by atoms with E-state index in [0.717, 1.165) is 37.6 Å². The van der Waals surface area contributed by atoms with Crippen molar-refractivity contribution in [2.75, 3.05) is 26.7 Å². The summed E-state index contributed by atoms with van der Waals surface area (Å²) < 4.78 is 7.25. The van der Waals surface area contributed by atoms with Gasteiger partial charge in [0.2, 0.25) is 0 Å². The summed E-state index contributed by atoms with van der Waals surface area (Å²) in [5.41, 5.74) is 1.08. The average Bonchev–Trinajstić information content (AvgIpc) is 3.09. The van der Waals surface area contributed by atoms with E-state index in [2.05, 4.69) is 20.2 Å². The number of benzene rings is 1. The molecule has 1 heterocycles. The summed E-state index contributed by atoms with van der Waals surface area (Å²) in [6, 6.07) is 9.42. The Bertz CT molecular complexity index is 645. The molecule has 0 fully saturated rings. The largest absolute Gasteiger partial charge is 0.504 e. The molecule has 0 aliphatic carbocycles. The zero-order valence-electron chi connectivity index (χ0n) is 14.7. The van der Waals surface area contributed by atoms with Crippen LogP contribution in [-0.4, -0.2) is 42.4 Å². The minimum absolute atomic E-state index is 0. The van der Waals surface area contributed by atoms with Crippen LogP contribution in [0.5, 0.6) is 11.5 Å². The maximum Gasteiger partial charge on any atom is 0.191 e. The second kappa shape index (κ2) is 11.6. The highest BCUT2D eigenvalue weighted by Gasteiger charge is 2.03. The molecule has 0 saturated carbocycles. The van der Waals surface area contributed by atoms with Gasteiger partial charge in [-0.05, 0) is 43.2 Å². The lowest BCUT2D eigenvalue weighted by Crippen LogP contribution is -2.39. The fourth-order valence-corrected chi connectivity index (χ4v) is 2.34. The Hall–Kier alpha value is -1.90. The average molecular weight is 458 g/mol. The first-order valence-corrected chi connectivity index (χ1v) is 8.21. The Morgan fingerprint density at radius 1 is 1.24 bits per heavy atom. The summed E-state index contributed by atoms with van der Waals surface area (Å²) in [5.74, 6) is 1.47. The lowest BCUT2D eigenvalue weighted by molar-refractivity contribution is 0.373. The summed E-state index contributed by atoms with van der Waals surface area (Å²) in [7, 11) is 1.55. The van der Waals surface area contributed by atoms with Gasteiger partial charge >= 0.3 is 0 Å². The Morgan fingerprint density at radius 3 is 2.68 bits per heavy atom. The van der Waals surface area contributed by atoms with Crippen molar-refractivity contribution in [2.45, 2.75) is 19.9 Å². The molecule has 2 rings (SSSR count). The van der Waals surface area contributed by atoms with E-state index in [1.165, 1.54) is 0 Å². The van der Waals surface area contributed by atoms with E-state index in [4.69, 9.17) is 4.74 Å². The molecular formula is C18H27IN4O2. The molecule has 1 aromatic heterocycles. The molecule has 0 saturated heterocycles. The van der Waals surface area contributed by atoms with Gasteiger partial charge in [0.25, 0.3) is 0 Å². The zero-order valence-corrected chi connectivity index (χ0v) is 17.1. The number of phenolic OH excluding ortho intramolecular Hbond substituents is 1. The van der Waals surface area contributed by atoms with Gasteiger partial charge in [0.05, 0.1) is 7.11 Å². The molecule has 25 heavy (non-hydrogen) atoms. The van der Waals surface area contributed by atoms with Crippen molar-refractivity contribution in [1.29, 1.82) is 0 Å². The molecule has 1 aromatic carbocycles. The number of methoxy groups -OCH3 is 1. The molecule has 0 bridgehead atoms. The number of ether oxygens (including phenoxy) is 1. The Labute approximate surface area is 166 Å². The fraction of sp³-hybridized carbons (Fsp3) is 0.389. The minimum atomic E-state index is 0. The Kier molecular flexibility index (Phi) is 9.83. The van der Waals surface area contributed by atoms with Gasteiger partial charge < -0.3 is 25.0 Å². The van der Waals surface area contributed by atoms with Gasteiger partial charge in [-0.1, -0.05) is 6.07 Å². The molecule has 0 unspecified atom stereocenters. The SMILES string of the molecule is CCNC(=NCCc1ccc(O)c(OC)c1)NCCn1cccc1.I. The second-order valence-corrected chi connectivity index (χ2v) is 5.36. The number of phenols is 1. The van der Waals surface area contributed by atoms with Crippen molar-refractivity contribution in [2.24, 2.45) is 4.99 Å². The van der Waals surface area contributed by atoms with Crippen LogP contribution in [0.4, 0.5) is 0 Å². The van der Waals surface area contributed by atoms with Crippen LogP contribution in [0, 0.1) is 0 Å². The lowest BCUT2D eigenvalue weighted by atomic mass is 10.1. The van der Waals surface area contributed by atoms with Crippen LogP contribution in [0.25, 0.3) is 0 Å². The first-order valence-electron chi connectivity index (χ1n) is 8.21. The van der Waals surface area contributed by atoms with Crippen molar-refractivity contribution >= 4 is 29.9 Å². The Morgan fingerprint density at radius 2 is 2.00 bits per heavy atom. The number of hydrogen-bond donors (Lipinski definition) is 3. The third-order valence-corrected chi connectivity index (χ3v) is 3.59. The van der Waals surface area contributed by atoms with Gasteiger partial charge in [-0.2, -0.15) is 0 Å². The van der Waals surface area contributed by atoms with Gasteiger partial charge in [-0.3, -0.25) is 4.99 Å². The van der Waals surface area contributed by atoms with Crippen molar-refractivity contribution in [1.82, 2.24) is 15.2 Å². The maximum absolute atomic E-state index is 9.62. The van der Waals surface area contributed by atoms with E-state index in [9.17, 15) is 5.11 Å². The molecule has 0 atom stereocenters. The first kappa shape index (κ1) is 21.1. The van der Waals surface area contributed by atoms with E-state index in [0.29, 0.717) is 12.3 Å². The molecular weight excluding hydrogens is 431 g/mol. The van der Waals surface area contributed by atoms with E-state index in [1.54, 1.807) is 13.2 Å². The van der Waals surface area contributed by atoms with E-state index < -0.39 is 0 Å². The first-order chi connectivity index (χ1) is 11.7. The third-order valence-electron chi connectivity index (χ3n) is 3.59. The number of halogens is 1. The zero-order chi connectivity index (χ0) is 17.2. The minimum Gasteiger partial charge on any atom is -0.504 e. The van der Waals surface area contributed by atoms with E-state index in [1.807, 2.05) is 43.6 Å². The van der Waals surface area contributed by atoms with Crippen LogP contribution < -0.4 is 15.4 Å². The highest BCUT2D eigenvalue weighted by Crippen LogP contribution is 2.26. The number of aromatic hydroxyl groups is 1. The van der Waals surface area contributed by atoms with Gasteiger partial charge in [0.1, 0.15) is 0 Å². The molecule has 0 amide bonds. The number of aliphatic imine (C=N–C) groups is 1. The molecule has 3 N–H and O–H groups in total. The van der Waals surface area contributed by atoms with Crippen molar-refractivity contribution < 1.29 is 9.84 Å². The van der Waals surface area contributed by atoms with Crippen LogP contribution in [0.3, 0.4) is 0 Å². The lowest BCUT2D eigenvalue weighted by Gasteiger charge is -2.12. The van der Waals surface area contributed by atoms with Crippen LogP contribution in [0.1, 0.15) is 12.5 Å². The smallest absolute Gasteiger partial charge is 0.191 e. The normalized spacial score (nSPS) is 10.9. The quantitative estimate of drug-likeness (QED) is 0.323. The van der Waals surface area contributed by atoms with E-state index in [-0.39, 0.29) is 29.7 Å². The van der Waals surface area contributed by atoms with Crippen LogP contribution in [-0.2, 0) is 13.0 Å². The summed E-state index contributed by atoms with van der Waals surface area (Å²) in [5, 5.41) is 16.2. The molecule has 0 radical (unpaired) electrons. The number of rotatable bonds is 8. The summed E-state index contributed by atoms with van der Waals surface area (Å²) in [4.78, 5) is 4.59. The molecule has 0 aliphatic heterocycles. The number of nitrogens with one attached hydrogen (secondary N) is 2.